The van der Waals surface area contributed by atoms with Crippen LogP contribution in [0.2, 0.25) is 0 Å². The Morgan fingerprint density at radius 3 is 2.45 bits per heavy atom. The summed E-state index contributed by atoms with van der Waals surface area (Å²) in [7, 11) is 0. The van der Waals surface area contributed by atoms with Crippen molar-refractivity contribution in [1.29, 1.82) is 0 Å². The Labute approximate surface area is 128 Å². The molecular weight excluding hydrogens is 317 g/mol. The second kappa shape index (κ2) is 6.61. The van der Waals surface area contributed by atoms with E-state index in [1.165, 1.54) is 29.7 Å². The lowest BCUT2D eigenvalue weighted by Crippen LogP contribution is -2.18. The zero-order valence-electron chi connectivity index (χ0n) is 11.3. The highest BCUT2D eigenvalue weighted by atomic mass is 32.1. The molecule has 1 N–H and O–H groups in total. The fourth-order valence-corrected chi connectivity index (χ4v) is 2.30. The molecule has 8 heteroatoms. The molecule has 22 heavy (non-hydrogen) atoms. The molecule has 1 aromatic carbocycles. The molecule has 4 nitrogen and oxygen atoms in total. The van der Waals surface area contributed by atoms with Crippen molar-refractivity contribution in [2.75, 3.05) is 0 Å². The van der Waals surface area contributed by atoms with Crippen LogP contribution in [-0.2, 0) is 0 Å². The fraction of sp³-hybridized carbons (Fsp3) is 0.143. The summed E-state index contributed by atoms with van der Waals surface area (Å²) in [6.45, 7) is 1.95. The van der Waals surface area contributed by atoms with Crippen LogP contribution < -0.4 is 10.2 Å². The van der Waals surface area contributed by atoms with E-state index in [1.807, 2.05) is 19.1 Å². The second-order valence-electron chi connectivity index (χ2n) is 4.22. The lowest BCUT2D eigenvalue weighted by Gasteiger charge is -2.08. The number of rotatable bonds is 4. The van der Waals surface area contributed by atoms with Gasteiger partial charge in [-0.3, -0.25) is 4.79 Å². The van der Waals surface area contributed by atoms with Crippen molar-refractivity contribution in [2.45, 2.75) is 13.3 Å². The number of hydrogen-bond acceptors (Lipinski definition) is 4. The third-order valence-corrected chi connectivity index (χ3v) is 3.40. The third kappa shape index (κ3) is 4.88. The highest BCUT2D eigenvalue weighted by Gasteiger charge is 2.31. The van der Waals surface area contributed by atoms with Gasteiger partial charge in [0, 0.05) is 15.3 Å². The van der Waals surface area contributed by atoms with Crippen LogP contribution in [0.1, 0.15) is 20.1 Å². The van der Waals surface area contributed by atoms with Gasteiger partial charge in [0.25, 0.3) is 5.91 Å². The molecule has 0 saturated heterocycles. The number of benzene rings is 1. The van der Waals surface area contributed by atoms with Crippen LogP contribution in [0.5, 0.6) is 5.75 Å². The Balaban J connectivity index is 1.94. The molecule has 2 rings (SSSR count). The van der Waals surface area contributed by atoms with Gasteiger partial charge in [-0.1, -0.05) is 0 Å². The number of nitrogens with one attached hydrogen (secondary N) is 1. The van der Waals surface area contributed by atoms with Crippen LogP contribution in [0, 0.1) is 6.92 Å². The summed E-state index contributed by atoms with van der Waals surface area (Å²) in [6.07, 6.45) is -3.26. The van der Waals surface area contributed by atoms with Crippen molar-refractivity contribution in [3.05, 3.63) is 51.7 Å². The highest BCUT2D eigenvalue weighted by molar-refractivity contribution is 7.13. The van der Waals surface area contributed by atoms with Crippen LogP contribution in [0.3, 0.4) is 0 Å². The lowest BCUT2D eigenvalue weighted by atomic mass is 10.2. The van der Waals surface area contributed by atoms with E-state index in [0.29, 0.717) is 0 Å². The summed E-state index contributed by atoms with van der Waals surface area (Å²) in [6, 6.07) is 8.36. The minimum Gasteiger partial charge on any atom is -0.406 e. The Kier molecular flexibility index (Phi) is 4.81. The first-order valence-electron chi connectivity index (χ1n) is 6.09. The lowest BCUT2D eigenvalue weighted by molar-refractivity contribution is -0.274. The van der Waals surface area contributed by atoms with E-state index in [9.17, 15) is 18.0 Å². The SMILES string of the molecule is Cc1ccc(C=NNC(=O)c2ccc(OC(F)(F)F)cc2)s1. The predicted octanol–water partition coefficient (Wildman–Crippen LogP) is 3.72. The molecule has 0 aliphatic heterocycles. The number of carbonyl (C=O) groups excluding carboxylic acids is 1. The van der Waals surface area contributed by atoms with Gasteiger partial charge in [0.15, 0.2) is 0 Å². The number of alkyl halides is 3. The molecule has 0 aliphatic rings. The van der Waals surface area contributed by atoms with Crippen molar-refractivity contribution < 1.29 is 22.7 Å². The Bertz CT molecular complexity index is 678. The van der Waals surface area contributed by atoms with Gasteiger partial charge in [-0.15, -0.1) is 24.5 Å². The number of nitrogens with zero attached hydrogens (tertiary/aromatic N) is 1. The normalized spacial score (nSPS) is 11.6. The summed E-state index contributed by atoms with van der Waals surface area (Å²) in [5, 5.41) is 3.79. The summed E-state index contributed by atoms with van der Waals surface area (Å²) in [5.74, 6) is -0.912. The quantitative estimate of drug-likeness (QED) is 0.687. The van der Waals surface area contributed by atoms with E-state index in [-0.39, 0.29) is 11.3 Å². The zero-order valence-corrected chi connectivity index (χ0v) is 12.2. The minimum absolute atomic E-state index is 0.175. The smallest absolute Gasteiger partial charge is 0.406 e. The van der Waals surface area contributed by atoms with Gasteiger partial charge in [-0.25, -0.2) is 5.43 Å². The van der Waals surface area contributed by atoms with Crippen LogP contribution >= 0.6 is 11.3 Å². The predicted molar refractivity (Wildman–Crippen MR) is 77.2 cm³/mol. The number of ether oxygens (including phenoxy) is 1. The van der Waals surface area contributed by atoms with Gasteiger partial charge in [0.1, 0.15) is 5.75 Å². The van der Waals surface area contributed by atoms with Gasteiger partial charge in [0.2, 0.25) is 0 Å². The Morgan fingerprint density at radius 2 is 1.91 bits per heavy atom. The van der Waals surface area contributed by atoms with Gasteiger partial charge in [-0.05, 0) is 43.3 Å². The molecule has 0 unspecified atom stereocenters. The average Bonchev–Trinajstić information content (AvgIpc) is 2.83. The van der Waals surface area contributed by atoms with Gasteiger partial charge in [-0.2, -0.15) is 5.10 Å². The maximum absolute atomic E-state index is 12.0. The number of thiophene rings is 1. The van der Waals surface area contributed by atoms with Crippen LogP contribution in [-0.4, -0.2) is 18.5 Å². The molecule has 0 bridgehead atoms. The van der Waals surface area contributed by atoms with Gasteiger partial charge >= 0.3 is 6.36 Å². The van der Waals surface area contributed by atoms with E-state index < -0.39 is 12.3 Å². The number of aryl methyl sites for hydroxylation is 1. The van der Waals surface area contributed by atoms with E-state index in [1.54, 1.807) is 0 Å². The molecule has 1 heterocycles. The van der Waals surface area contributed by atoms with E-state index in [0.717, 1.165) is 21.9 Å². The number of amides is 1. The van der Waals surface area contributed by atoms with Crippen molar-refractivity contribution in [3.63, 3.8) is 0 Å². The fourth-order valence-electron chi connectivity index (χ4n) is 1.55. The number of hydrazone groups is 1. The Morgan fingerprint density at radius 1 is 1.23 bits per heavy atom. The second-order valence-corrected chi connectivity index (χ2v) is 5.54. The monoisotopic (exact) mass is 328 g/mol. The average molecular weight is 328 g/mol. The van der Waals surface area contributed by atoms with E-state index in [2.05, 4.69) is 15.3 Å². The summed E-state index contributed by atoms with van der Waals surface area (Å²) >= 11 is 1.52. The van der Waals surface area contributed by atoms with E-state index >= 15 is 0 Å². The standard InChI is InChI=1S/C14H11F3N2O2S/c1-9-2-7-12(22-9)8-18-19-13(20)10-3-5-11(6-4-10)21-14(15,16)17/h2-8H,1H3,(H,19,20). The van der Waals surface area contributed by atoms with Crippen molar-refractivity contribution in [3.8, 4) is 5.75 Å². The summed E-state index contributed by atoms with van der Waals surface area (Å²) in [5.41, 5.74) is 2.47. The molecule has 1 aromatic heterocycles. The number of halogens is 3. The van der Waals surface area contributed by atoms with Crippen LogP contribution in [0.25, 0.3) is 0 Å². The summed E-state index contributed by atoms with van der Waals surface area (Å²) < 4.78 is 39.7. The van der Waals surface area contributed by atoms with Crippen molar-refractivity contribution in [2.24, 2.45) is 5.10 Å². The maximum atomic E-state index is 12.0. The highest BCUT2D eigenvalue weighted by Crippen LogP contribution is 2.22. The number of hydrogen-bond donors (Lipinski definition) is 1. The Hall–Kier alpha value is -2.35. The van der Waals surface area contributed by atoms with Crippen molar-refractivity contribution >= 4 is 23.5 Å². The first-order chi connectivity index (χ1) is 10.3. The first-order valence-corrected chi connectivity index (χ1v) is 6.91. The molecule has 0 fully saturated rings. The molecule has 116 valence electrons. The van der Waals surface area contributed by atoms with Gasteiger partial charge in [0.05, 0.1) is 6.21 Å². The van der Waals surface area contributed by atoms with Gasteiger partial charge < -0.3 is 4.74 Å². The van der Waals surface area contributed by atoms with E-state index in [4.69, 9.17) is 0 Å². The third-order valence-electron chi connectivity index (χ3n) is 2.47. The van der Waals surface area contributed by atoms with Crippen molar-refractivity contribution in [1.82, 2.24) is 5.43 Å². The maximum Gasteiger partial charge on any atom is 0.573 e. The van der Waals surface area contributed by atoms with Crippen LogP contribution in [0.15, 0.2) is 41.5 Å². The minimum atomic E-state index is -4.76. The zero-order chi connectivity index (χ0) is 16.2. The molecule has 0 atom stereocenters. The molecule has 0 saturated carbocycles. The molecular formula is C14H11F3N2O2S. The molecule has 0 aliphatic carbocycles. The number of carbonyl (C=O) groups is 1. The molecule has 0 radical (unpaired) electrons. The largest absolute Gasteiger partial charge is 0.573 e. The molecule has 2 aromatic rings. The molecule has 0 spiro atoms. The summed E-state index contributed by atoms with van der Waals surface area (Å²) in [4.78, 5) is 13.8. The first kappa shape index (κ1) is 16.0. The topological polar surface area (TPSA) is 50.7 Å². The van der Waals surface area contributed by atoms with Crippen LogP contribution in [0.4, 0.5) is 13.2 Å². The molecule has 1 amide bonds.